The predicted molar refractivity (Wildman–Crippen MR) is 55.3 cm³/mol. The van der Waals surface area contributed by atoms with Crippen LogP contribution in [0, 0.1) is 0 Å². The van der Waals surface area contributed by atoms with E-state index in [2.05, 4.69) is 12.1 Å². The highest BCUT2D eigenvalue weighted by molar-refractivity contribution is 5.66. The molecule has 2 heteroatoms. The second-order valence-corrected chi connectivity index (χ2v) is 3.15. The number of furan rings is 1. The molecule has 14 heavy (non-hydrogen) atoms. The molecule has 0 atom stereocenters. The lowest BCUT2D eigenvalue weighted by Crippen LogP contribution is -2.25. The summed E-state index contributed by atoms with van der Waals surface area (Å²) in [5.41, 5.74) is 1.17. The highest BCUT2D eigenvalue weighted by Crippen LogP contribution is 2.06. The van der Waals surface area contributed by atoms with Gasteiger partial charge < -0.3 is 4.42 Å². The molecule has 70 valence electrons. The molecular formula is C12H12NO+. The van der Waals surface area contributed by atoms with Crippen molar-refractivity contribution in [3.8, 4) is 0 Å². The maximum atomic E-state index is 5.19. The Morgan fingerprint density at radius 2 is 1.93 bits per heavy atom. The van der Waals surface area contributed by atoms with Gasteiger partial charge >= 0.3 is 0 Å². The minimum Gasteiger partial charge on any atom is -0.465 e. The fourth-order valence-electron chi connectivity index (χ4n) is 1.19. The largest absolute Gasteiger partial charge is 0.465 e. The molecule has 0 unspecified atom stereocenters. The summed E-state index contributed by atoms with van der Waals surface area (Å²) in [6, 6.07) is 7.92. The van der Waals surface area contributed by atoms with E-state index in [1.807, 2.05) is 48.3 Å². The zero-order valence-corrected chi connectivity index (χ0v) is 8.05. The Morgan fingerprint density at radius 3 is 2.57 bits per heavy atom. The van der Waals surface area contributed by atoms with E-state index in [1.165, 1.54) is 5.56 Å². The van der Waals surface area contributed by atoms with Gasteiger partial charge in [-0.25, -0.2) is 4.57 Å². The minimum absolute atomic E-state index is 0.873. The van der Waals surface area contributed by atoms with Crippen LogP contribution < -0.4 is 4.57 Å². The van der Waals surface area contributed by atoms with Crippen molar-refractivity contribution in [2.24, 2.45) is 7.05 Å². The van der Waals surface area contributed by atoms with Gasteiger partial charge in [0.15, 0.2) is 12.4 Å². The molecule has 0 bridgehead atoms. The van der Waals surface area contributed by atoms with Crippen molar-refractivity contribution in [1.29, 1.82) is 0 Å². The Balaban J connectivity index is 2.15. The molecule has 0 amide bonds. The third kappa shape index (κ3) is 2.10. The zero-order valence-electron chi connectivity index (χ0n) is 8.05. The fourth-order valence-corrected chi connectivity index (χ4v) is 1.19. The molecule has 0 saturated heterocycles. The minimum atomic E-state index is 0.873. The summed E-state index contributed by atoms with van der Waals surface area (Å²) >= 11 is 0. The maximum Gasteiger partial charge on any atom is 0.169 e. The molecular weight excluding hydrogens is 174 g/mol. The van der Waals surface area contributed by atoms with Crippen LogP contribution in [0.3, 0.4) is 0 Å². The van der Waals surface area contributed by atoms with Gasteiger partial charge in [-0.2, -0.15) is 0 Å². The van der Waals surface area contributed by atoms with Crippen molar-refractivity contribution in [2.75, 3.05) is 0 Å². The summed E-state index contributed by atoms with van der Waals surface area (Å²) in [5, 5.41) is 0. The first-order chi connectivity index (χ1) is 6.84. The van der Waals surface area contributed by atoms with Crippen LogP contribution in [0.2, 0.25) is 0 Å². The molecule has 0 radical (unpaired) electrons. The van der Waals surface area contributed by atoms with E-state index in [4.69, 9.17) is 4.42 Å². The average molecular weight is 186 g/mol. The van der Waals surface area contributed by atoms with Gasteiger partial charge in [-0.3, -0.25) is 0 Å². The Bertz CT molecular complexity index is 412. The van der Waals surface area contributed by atoms with Crippen molar-refractivity contribution in [3.05, 3.63) is 54.2 Å². The van der Waals surface area contributed by atoms with Crippen LogP contribution in [0.15, 0.2) is 47.3 Å². The second kappa shape index (κ2) is 3.92. The van der Waals surface area contributed by atoms with Gasteiger partial charge in [0.05, 0.1) is 6.26 Å². The van der Waals surface area contributed by atoms with Crippen molar-refractivity contribution in [2.45, 2.75) is 0 Å². The topological polar surface area (TPSA) is 17.0 Å². The lowest BCUT2D eigenvalue weighted by atomic mass is 10.2. The van der Waals surface area contributed by atoms with Crippen molar-refractivity contribution in [1.82, 2.24) is 0 Å². The van der Waals surface area contributed by atoms with Crippen LogP contribution >= 0.6 is 0 Å². The van der Waals surface area contributed by atoms with E-state index < -0.39 is 0 Å². The number of pyridine rings is 1. The third-order valence-corrected chi connectivity index (χ3v) is 1.99. The fraction of sp³-hybridized carbons (Fsp3) is 0.0833. The lowest BCUT2D eigenvalue weighted by molar-refractivity contribution is -0.671. The van der Waals surface area contributed by atoms with Gasteiger partial charge in [0.25, 0.3) is 0 Å². The summed E-state index contributed by atoms with van der Waals surface area (Å²) in [4.78, 5) is 0. The second-order valence-electron chi connectivity index (χ2n) is 3.15. The summed E-state index contributed by atoms with van der Waals surface area (Å²) in [7, 11) is 2.00. The summed E-state index contributed by atoms with van der Waals surface area (Å²) in [5.74, 6) is 0.873. The van der Waals surface area contributed by atoms with Crippen LogP contribution in [0.1, 0.15) is 11.3 Å². The van der Waals surface area contributed by atoms with Gasteiger partial charge in [0.1, 0.15) is 12.8 Å². The van der Waals surface area contributed by atoms with E-state index in [0.717, 1.165) is 5.76 Å². The van der Waals surface area contributed by atoms with Crippen molar-refractivity contribution < 1.29 is 8.98 Å². The maximum absolute atomic E-state index is 5.19. The quantitative estimate of drug-likeness (QED) is 0.657. The molecule has 0 aromatic carbocycles. The standard InChI is InChI=1S/C12H12NO/c1-13-8-6-11(7-9-13)4-5-12-3-2-10-14-12/h2-10H,1H3/q+1. The molecule has 0 aliphatic heterocycles. The summed E-state index contributed by atoms with van der Waals surface area (Å²) in [6.45, 7) is 0. The van der Waals surface area contributed by atoms with Crippen LogP contribution in [0.25, 0.3) is 12.2 Å². The SMILES string of the molecule is C[n+]1ccc(C=Cc2ccco2)cc1. The van der Waals surface area contributed by atoms with Crippen LogP contribution in [-0.2, 0) is 7.05 Å². The lowest BCUT2D eigenvalue weighted by Gasteiger charge is -1.89. The first kappa shape index (κ1) is 8.75. The van der Waals surface area contributed by atoms with E-state index in [1.54, 1.807) is 6.26 Å². The average Bonchev–Trinajstić information content (AvgIpc) is 2.70. The third-order valence-electron chi connectivity index (χ3n) is 1.99. The molecule has 2 aromatic rings. The van der Waals surface area contributed by atoms with Gasteiger partial charge in [0, 0.05) is 12.1 Å². The van der Waals surface area contributed by atoms with Gasteiger partial charge in [-0.1, -0.05) is 6.08 Å². The van der Waals surface area contributed by atoms with E-state index in [-0.39, 0.29) is 0 Å². The number of hydrogen-bond acceptors (Lipinski definition) is 1. The normalized spacial score (nSPS) is 10.9. The number of rotatable bonds is 2. The molecule has 0 fully saturated rings. The van der Waals surface area contributed by atoms with Crippen molar-refractivity contribution >= 4 is 12.2 Å². The Labute approximate surface area is 83.1 Å². The number of nitrogens with zero attached hydrogens (tertiary/aromatic N) is 1. The van der Waals surface area contributed by atoms with Crippen LogP contribution in [0.4, 0.5) is 0 Å². The molecule has 0 spiro atoms. The predicted octanol–water partition coefficient (Wildman–Crippen LogP) is 2.27. The van der Waals surface area contributed by atoms with Gasteiger partial charge in [-0.05, 0) is 23.8 Å². The van der Waals surface area contributed by atoms with Gasteiger partial charge in [0.2, 0.25) is 0 Å². The molecule has 2 nitrogen and oxygen atoms in total. The molecule has 0 aliphatic rings. The molecule has 2 rings (SSSR count). The highest BCUT2D eigenvalue weighted by Gasteiger charge is 1.92. The number of hydrogen-bond donors (Lipinski definition) is 0. The Hall–Kier alpha value is -1.83. The van der Waals surface area contributed by atoms with E-state index >= 15 is 0 Å². The van der Waals surface area contributed by atoms with Crippen LogP contribution in [-0.4, -0.2) is 0 Å². The van der Waals surface area contributed by atoms with E-state index in [9.17, 15) is 0 Å². The molecule has 0 N–H and O–H groups in total. The van der Waals surface area contributed by atoms with Gasteiger partial charge in [-0.15, -0.1) is 0 Å². The molecule has 2 heterocycles. The van der Waals surface area contributed by atoms with Crippen LogP contribution in [0.5, 0.6) is 0 Å². The Kier molecular flexibility index (Phi) is 2.45. The Morgan fingerprint density at radius 1 is 1.14 bits per heavy atom. The summed E-state index contributed by atoms with van der Waals surface area (Å²) < 4.78 is 7.19. The first-order valence-corrected chi connectivity index (χ1v) is 4.51. The molecule has 0 aliphatic carbocycles. The summed E-state index contributed by atoms with van der Waals surface area (Å²) in [6.07, 6.45) is 9.68. The highest BCUT2D eigenvalue weighted by atomic mass is 16.3. The smallest absolute Gasteiger partial charge is 0.169 e. The number of aromatic nitrogens is 1. The van der Waals surface area contributed by atoms with E-state index in [0.29, 0.717) is 0 Å². The molecule has 0 saturated carbocycles. The number of aryl methyl sites for hydroxylation is 1. The zero-order chi connectivity index (χ0) is 9.80. The molecule has 2 aromatic heterocycles. The van der Waals surface area contributed by atoms with Crippen molar-refractivity contribution in [3.63, 3.8) is 0 Å². The first-order valence-electron chi connectivity index (χ1n) is 4.51. The monoisotopic (exact) mass is 186 g/mol.